The Bertz CT molecular complexity index is 542. The van der Waals surface area contributed by atoms with Crippen molar-refractivity contribution in [1.82, 2.24) is 10.2 Å². The van der Waals surface area contributed by atoms with Crippen molar-refractivity contribution in [3.05, 3.63) is 23.8 Å². The van der Waals surface area contributed by atoms with E-state index < -0.39 is 0 Å². The van der Waals surface area contributed by atoms with E-state index in [4.69, 9.17) is 9.47 Å². The molecule has 25 heavy (non-hydrogen) atoms. The molecule has 0 unspecified atom stereocenters. The lowest BCUT2D eigenvalue weighted by Gasteiger charge is -2.26. The Hall–Kier alpha value is -1.79. The van der Waals surface area contributed by atoms with Crippen LogP contribution in [0.2, 0.25) is 0 Å². The van der Waals surface area contributed by atoms with Gasteiger partial charge in [0.2, 0.25) is 0 Å². The van der Waals surface area contributed by atoms with E-state index >= 15 is 0 Å². The quantitative estimate of drug-likeness (QED) is 0.712. The fourth-order valence-electron chi connectivity index (χ4n) is 2.85. The lowest BCUT2D eigenvalue weighted by molar-refractivity contribution is -0.134. The Morgan fingerprint density at radius 1 is 1.24 bits per heavy atom. The number of likely N-dealkylation sites (tertiary alicyclic amines) is 1. The van der Waals surface area contributed by atoms with Gasteiger partial charge in [-0.05, 0) is 50.8 Å². The van der Waals surface area contributed by atoms with Gasteiger partial charge in [-0.1, -0.05) is 6.07 Å². The summed E-state index contributed by atoms with van der Waals surface area (Å²) in [6.45, 7) is 7.06. The van der Waals surface area contributed by atoms with Crippen LogP contribution in [-0.2, 0) is 11.3 Å². The smallest absolute Gasteiger partial charge is 0.260 e. The van der Waals surface area contributed by atoms with Crippen LogP contribution in [0.1, 0.15) is 38.7 Å². The van der Waals surface area contributed by atoms with Gasteiger partial charge in [0.1, 0.15) is 0 Å². The van der Waals surface area contributed by atoms with Gasteiger partial charge in [0, 0.05) is 26.2 Å². The summed E-state index contributed by atoms with van der Waals surface area (Å²) in [7, 11) is 0. The average Bonchev–Trinajstić information content (AvgIpc) is 2.61. The topological polar surface area (TPSA) is 71.0 Å². The van der Waals surface area contributed by atoms with Crippen LogP contribution in [0.3, 0.4) is 0 Å². The molecule has 6 nitrogen and oxygen atoms in total. The molecule has 0 aliphatic carbocycles. The average molecular weight is 350 g/mol. The monoisotopic (exact) mass is 350 g/mol. The summed E-state index contributed by atoms with van der Waals surface area (Å²) in [5.41, 5.74) is 1.04. The minimum Gasteiger partial charge on any atom is -0.490 e. The second kappa shape index (κ2) is 10.3. The largest absolute Gasteiger partial charge is 0.490 e. The first-order valence-electron chi connectivity index (χ1n) is 9.15. The third-order valence-electron chi connectivity index (χ3n) is 4.14. The molecule has 0 aromatic heterocycles. The van der Waals surface area contributed by atoms with Crippen molar-refractivity contribution in [2.24, 2.45) is 0 Å². The Balaban J connectivity index is 1.92. The zero-order valence-electron chi connectivity index (χ0n) is 15.3. The van der Waals surface area contributed by atoms with E-state index in [1.54, 1.807) is 6.92 Å². The first-order chi connectivity index (χ1) is 12.1. The fraction of sp³-hybridized carbons (Fsp3) is 0.632. The van der Waals surface area contributed by atoms with Gasteiger partial charge in [-0.3, -0.25) is 4.79 Å². The Labute approximate surface area is 150 Å². The number of aliphatic hydroxyl groups is 1. The molecule has 1 heterocycles. The number of hydrogen-bond donors (Lipinski definition) is 2. The predicted octanol–water partition coefficient (Wildman–Crippen LogP) is 1.95. The molecule has 1 aliphatic heterocycles. The molecule has 0 spiro atoms. The number of piperidine rings is 1. The number of benzene rings is 1. The standard InChI is InChI=1S/C19H30N2O4/c1-3-24-18-11-16(13-20-12-15(2)22)7-8-17(18)25-14-19(23)21-9-5-4-6-10-21/h7-8,11,15,20,22H,3-6,9-10,12-14H2,1-2H3/t15-/m0/s1. The molecule has 1 aromatic carbocycles. The van der Waals surface area contributed by atoms with Gasteiger partial charge < -0.3 is 24.8 Å². The van der Waals surface area contributed by atoms with Gasteiger partial charge in [-0.2, -0.15) is 0 Å². The molecule has 1 aromatic rings. The van der Waals surface area contributed by atoms with E-state index in [9.17, 15) is 9.90 Å². The normalized spacial score (nSPS) is 15.7. The van der Waals surface area contributed by atoms with E-state index in [1.807, 2.05) is 30.0 Å². The molecule has 2 rings (SSSR count). The second-order valence-corrected chi connectivity index (χ2v) is 6.42. The molecule has 1 amide bonds. The number of carbonyl (C=O) groups is 1. The minimum atomic E-state index is -0.380. The number of aliphatic hydroxyl groups excluding tert-OH is 1. The third kappa shape index (κ3) is 6.55. The van der Waals surface area contributed by atoms with Crippen molar-refractivity contribution in [2.45, 2.75) is 45.8 Å². The summed E-state index contributed by atoms with van der Waals surface area (Å²) in [4.78, 5) is 14.1. The van der Waals surface area contributed by atoms with Gasteiger partial charge in [0.15, 0.2) is 18.1 Å². The highest BCUT2D eigenvalue weighted by atomic mass is 16.5. The molecule has 1 fully saturated rings. The number of ether oxygens (including phenoxy) is 2. The van der Waals surface area contributed by atoms with Gasteiger partial charge in [0.25, 0.3) is 5.91 Å². The van der Waals surface area contributed by atoms with E-state index in [0.717, 1.165) is 31.5 Å². The van der Waals surface area contributed by atoms with Crippen molar-refractivity contribution < 1.29 is 19.4 Å². The maximum Gasteiger partial charge on any atom is 0.260 e. The predicted molar refractivity (Wildman–Crippen MR) is 96.9 cm³/mol. The van der Waals surface area contributed by atoms with Crippen molar-refractivity contribution in [3.8, 4) is 11.5 Å². The third-order valence-corrected chi connectivity index (χ3v) is 4.14. The number of carbonyl (C=O) groups excluding carboxylic acids is 1. The zero-order valence-corrected chi connectivity index (χ0v) is 15.3. The summed E-state index contributed by atoms with van der Waals surface area (Å²) >= 11 is 0. The number of nitrogens with zero attached hydrogens (tertiary/aromatic N) is 1. The molecular weight excluding hydrogens is 320 g/mol. The second-order valence-electron chi connectivity index (χ2n) is 6.42. The molecule has 2 N–H and O–H groups in total. The van der Waals surface area contributed by atoms with Crippen LogP contribution in [0.5, 0.6) is 11.5 Å². The highest BCUT2D eigenvalue weighted by Gasteiger charge is 2.17. The molecule has 140 valence electrons. The summed E-state index contributed by atoms with van der Waals surface area (Å²) in [5.74, 6) is 1.27. The molecule has 1 atom stereocenters. The molecular formula is C19H30N2O4. The summed E-state index contributed by atoms with van der Waals surface area (Å²) in [6.07, 6.45) is 2.97. The van der Waals surface area contributed by atoms with Crippen LogP contribution in [0, 0.1) is 0 Å². The minimum absolute atomic E-state index is 0.0322. The van der Waals surface area contributed by atoms with Crippen molar-refractivity contribution >= 4 is 5.91 Å². The molecule has 0 bridgehead atoms. The van der Waals surface area contributed by atoms with E-state index in [0.29, 0.717) is 31.2 Å². The van der Waals surface area contributed by atoms with Crippen LogP contribution in [-0.4, -0.2) is 54.9 Å². The van der Waals surface area contributed by atoms with Crippen LogP contribution in [0.15, 0.2) is 18.2 Å². The van der Waals surface area contributed by atoms with Crippen LogP contribution in [0.25, 0.3) is 0 Å². The Kier molecular flexibility index (Phi) is 8.01. The van der Waals surface area contributed by atoms with E-state index in [2.05, 4.69) is 5.32 Å². The number of hydrogen-bond acceptors (Lipinski definition) is 5. The zero-order chi connectivity index (χ0) is 18.1. The summed E-state index contributed by atoms with van der Waals surface area (Å²) in [6, 6.07) is 5.70. The fourth-order valence-corrected chi connectivity index (χ4v) is 2.85. The number of nitrogens with one attached hydrogen (secondary N) is 1. The maximum atomic E-state index is 12.2. The molecule has 0 saturated carbocycles. The SMILES string of the molecule is CCOc1cc(CNC[C@H](C)O)ccc1OCC(=O)N1CCCCC1. The van der Waals surface area contributed by atoms with Crippen LogP contribution >= 0.6 is 0 Å². The number of amides is 1. The first kappa shape index (κ1) is 19.5. The molecule has 0 radical (unpaired) electrons. The Morgan fingerprint density at radius 3 is 2.68 bits per heavy atom. The van der Waals surface area contributed by atoms with Crippen molar-refractivity contribution in [2.75, 3.05) is 32.8 Å². The summed E-state index contributed by atoms with van der Waals surface area (Å²) < 4.78 is 11.4. The van der Waals surface area contributed by atoms with Crippen molar-refractivity contribution in [3.63, 3.8) is 0 Å². The highest BCUT2D eigenvalue weighted by Crippen LogP contribution is 2.28. The molecule has 1 aliphatic rings. The van der Waals surface area contributed by atoms with Gasteiger partial charge in [0.05, 0.1) is 12.7 Å². The summed E-state index contributed by atoms with van der Waals surface area (Å²) in [5, 5.41) is 12.5. The van der Waals surface area contributed by atoms with Crippen LogP contribution in [0.4, 0.5) is 0 Å². The highest BCUT2D eigenvalue weighted by molar-refractivity contribution is 5.78. The van der Waals surface area contributed by atoms with Gasteiger partial charge >= 0.3 is 0 Å². The number of rotatable bonds is 9. The lowest BCUT2D eigenvalue weighted by atomic mass is 10.1. The lowest BCUT2D eigenvalue weighted by Crippen LogP contribution is -2.38. The van der Waals surface area contributed by atoms with Crippen LogP contribution < -0.4 is 14.8 Å². The van der Waals surface area contributed by atoms with Crippen molar-refractivity contribution in [1.29, 1.82) is 0 Å². The Morgan fingerprint density at radius 2 is 2.00 bits per heavy atom. The van der Waals surface area contributed by atoms with E-state index in [-0.39, 0.29) is 18.6 Å². The van der Waals surface area contributed by atoms with Gasteiger partial charge in [-0.25, -0.2) is 0 Å². The van der Waals surface area contributed by atoms with Gasteiger partial charge in [-0.15, -0.1) is 0 Å². The molecule has 1 saturated heterocycles. The van der Waals surface area contributed by atoms with E-state index in [1.165, 1.54) is 6.42 Å². The molecule has 6 heteroatoms. The first-order valence-corrected chi connectivity index (χ1v) is 9.15. The maximum absolute atomic E-state index is 12.2.